The molecule has 2 amide bonds. The first kappa shape index (κ1) is 20.6. The van der Waals surface area contributed by atoms with E-state index >= 15 is 0 Å². The van der Waals surface area contributed by atoms with Crippen LogP contribution in [0.15, 0.2) is 54.6 Å². The topological polar surface area (TPSA) is 52.7 Å². The zero-order chi connectivity index (χ0) is 19.8. The molecule has 0 fully saturated rings. The lowest BCUT2D eigenvalue weighted by Gasteiger charge is -2.30. The Morgan fingerprint density at radius 2 is 1.56 bits per heavy atom. The molecule has 2 aromatic carbocycles. The van der Waals surface area contributed by atoms with E-state index in [0.717, 1.165) is 11.1 Å². The molecule has 144 valence electrons. The van der Waals surface area contributed by atoms with E-state index in [9.17, 15) is 9.59 Å². The second kappa shape index (κ2) is 9.88. The largest absolute Gasteiger partial charge is 0.355 e. The molecule has 0 unspecified atom stereocenters. The molecule has 2 rings (SSSR count). The van der Waals surface area contributed by atoms with Gasteiger partial charge >= 0.3 is 0 Å². The van der Waals surface area contributed by atoms with Gasteiger partial charge in [-0.05, 0) is 44.2 Å². The van der Waals surface area contributed by atoms with Crippen molar-refractivity contribution in [2.45, 2.75) is 33.0 Å². The minimum absolute atomic E-state index is 0.0991. The molecule has 2 aromatic rings. The molecule has 0 aliphatic carbocycles. The molecule has 0 aromatic heterocycles. The van der Waals surface area contributed by atoms with Crippen LogP contribution in [0, 0.1) is 0 Å². The van der Waals surface area contributed by atoms with Crippen LogP contribution in [0.4, 0.5) is 0 Å². The van der Waals surface area contributed by atoms with Gasteiger partial charge < -0.3 is 10.2 Å². The van der Waals surface area contributed by atoms with Crippen LogP contribution in [-0.4, -0.2) is 48.3 Å². The Labute approximate surface area is 162 Å². The SMILES string of the molecule is CCN(Cc1ccccc1)C(=O)[C@@H](C)N(C)Cc1ccc(C(=O)NC)cc1. The van der Waals surface area contributed by atoms with Crippen LogP contribution in [0.1, 0.15) is 35.3 Å². The van der Waals surface area contributed by atoms with Crippen LogP contribution in [0.3, 0.4) is 0 Å². The molecule has 0 saturated carbocycles. The zero-order valence-corrected chi connectivity index (χ0v) is 16.6. The monoisotopic (exact) mass is 367 g/mol. The molecule has 0 saturated heterocycles. The maximum Gasteiger partial charge on any atom is 0.251 e. The van der Waals surface area contributed by atoms with Gasteiger partial charge in [0.2, 0.25) is 5.91 Å². The number of nitrogens with zero attached hydrogens (tertiary/aromatic N) is 2. The van der Waals surface area contributed by atoms with E-state index in [1.807, 2.05) is 85.3 Å². The van der Waals surface area contributed by atoms with Crippen molar-refractivity contribution in [3.05, 3.63) is 71.3 Å². The quantitative estimate of drug-likeness (QED) is 0.780. The van der Waals surface area contributed by atoms with Gasteiger partial charge in [0.25, 0.3) is 5.91 Å². The fourth-order valence-electron chi connectivity index (χ4n) is 2.93. The molecule has 0 heterocycles. The van der Waals surface area contributed by atoms with Crippen molar-refractivity contribution in [1.82, 2.24) is 15.1 Å². The average molecular weight is 367 g/mol. The predicted octanol–water partition coefficient (Wildman–Crippen LogP) is 2.92. The van der Waals surface area contributed by atoms with Crippen molar-refractivity contribution in [1.29, 1.82) is 0 Å². The van der Waals surface area contributed by atoms with Crippen molar-refractivity contribution in [3.63, 3.8) is 0 Å². The summed E-state index contributed by atoms with van der Waals surface area (Å²) < 4.78 is 0. The third-order valence-electron chi connectivity index (χ3n) is 4.80. The molecule has 0 radical (unpaired) electrons. The summed E-state index contributed by atoms with van der Waals surface area (Å²) >= 11 is 0. The molecule has 0 aliphatic rings. The van der Waals surface area contributed by atoms with E-state index in [2.05, 4.69) is 5.32 Å². The smallest absolute Gasteiger partial charge is 0.251 e. The molecule has 1 N–H and O–H groups in total. The number of hydrogen-bond acceptors (Lipinski definition) is 3. The van der Waals surface area contributed by atoms with Gasteiger partial charge in [0.1, 0.15) is 0 Å². The van der Waals surface area contributed by atoms with Crippen molar-refractivity contribution < 1.29 is 9.59 Å². The van der Waals surface area contributed by atoms with Gasteiger partial charge in [0.15, 0.2) is 0 Å². The van der Waals surface area contributed by atoms with Crippen molar-refractivity contribution in [2.75, 3.05) is 20.6 Å². The molecule has 5 nitrogen and oxygen atoms in total. The maximum atomic E-state index is 12.9. The predicted molar refractivity (Wildman–Crippen MR) is 108 cm³/mol. The van der Waals surface area contributed by atoms with Gasteiger partial charge in [-0.2, -0.15) is 0 Å². The fraction of sp³-hybridized carbons (Fsp3) is 0.364. The minimum atomic E-state index is -0.229. The number of rotatable bonds is 8. The average Bonchev–Trinajstić information content (AvgIpc) is 2.71. The van der Waals surface area contributed by atoms with Gasteiger partial charge in [-0.1, -0.05) is 42.5 Å². The number of carbonyl (C=O) groups excluding carboxylic acids is 2. The Balaban J connectivity index is 1.99. The van der Waals surface area contributed by atoms with Gasteiger partial charge in [0.05, 0.1) is 6.04 Å². The van der Waals surface area contributed by atoms with Crippen LogP contribution < -0.4 is 5.32 Å². The molecular formula is C22H29N3O2. The van der Waals surface area contributed by atoms with Crippen molar-refractivity contribution >= 4 is 11.8 Å². The lowest BCUT2D eigenvalue weighted by Crippen LogP contribution is -2.45. The van der Waals surface area contributed by atoms with E-state index in [-0.39, 0.29) is 17.9 Å². The van der Waals surface area contributed by atoms with Gasteiger partial charge in [0, 0.05) is 32.2 Å². The number of nitrogens with one attached hydrogen (secondary N) is 1. The van der Waals surface area contributed by atoms with Crippen LogP contribution in [0.2, 0.25) is 0 Å². The van der Waals surface area contributed by atoms with Crippen LogP contribution in [-0.2, 0) is 17.9 Å². The molecule has 5 heteroatoms. The van der Waals surface area contributed by atoms with E-state index < -0.39 is 0 Å². The molecule has 0 aliphatic heterocycles. The summed E-state index contributed by atoms with van der Waals surface area (Å²) in [6.07, 6.45) is 0. The summed E-state index contributed by atoms with van der Waals surface area (Å²) in [5.74, 6) is 0.0174. The summed E-state index contributed by atoms with van der Waals surface area (Å²) in [6.45, 7) is 5.88. The lowest BCUT2D eigenvalue weighted by atomic mass is 10.1. The van der Waals surface area contributed by atoms with E-state index in [0.29, 0.717) is 25.2 Å². The number of carbonyl (C=O) groups is 2. The summed E-state index contributed by atoms with van der Waals surface area (Å²) in [5, 5.41) is 2.61. The number of amides is 2. The van der Waals surface area contributed by atoms with Crippen molar-refractivity contribution in [3.8, 4) is 0 Å². The summed E-state index contributed by atoms with van der Waals surface area (Å²) in [5.41, 5.74) is 2.83. The Morgan fingerprint density at radius 1 is 0.963 bits per heavy atom. The van der Waals surface area contributed by atoms with Gasteiger partial charge in [-0.3, -0.25) is 14.5 Å². The first-order valence-corrected chi connectivity index (χ1v) is 9.30. The Kier molecular flexibility index (Phi) is 7.55. The minimum Gasteiger partial charge on any atom is -0.355 e. The summed E-state index contributed by atoms with van der Waals surface area (Å²) in [6, 6.07) is 17.3. The fourth-order valence-corrected chi connectivity index (χ4v) is 2.93. The molecule has 27 heavy (non-hydrogen) atoms. The van der Waals surface area contributed by atoms with Crippen LogP contribution >= 0.6 is 0 Å². The highest BCUT2D eigenvalue weighted by Crippen LogP contribution is 2.12. The Bertz CT molecular complexity index is 744. The maximum absolute atomic E-state index is 12.9. The van der Waals surface area contributed by atoms with Crippen LogP contribution in [0.25, 0.3) is 0 Å². The second-order valence-corrected chi connectivity index (χ2v) is 6.71. The van der Waals surface area contributed by atoms with Gasteiger partial charge in [-0.15, -0.1) is 0 Å². The van der Waals surface area contributed by atoms with E-state index in [4.69, 9.17) is 0 Å². The number of likely N-dealkylation sites (N-methyl/N-ethyl adjacent to an activating group) is 2. The molecule has 0 spiro atoms. The highest BCUT2D eigenvalue weighted by Gasteiger charge is 2.23. The van der Waals surface area contributed by atoms with E-state index in [1.54, 1.807) is 7.05 Å². The highest BCUT2D eigenvalue weighted by molar-refractivity contribution is 5.93. The summed E-state index contributed by atoms with van der Waals surface area (Å²) in [7, 11) is 3.57. The summed E-state index contributed by atoms with van der Waals surface area (Å²) in [4.78, 5) is 28.5. The lowest BCUT2D eigenvalue weighted by molar-refractivity contribution is -0.136. The zero-order valence-electron chi connectivity index (χ0n) is 16.6. The third kappa shape index (κ3) is 5.66. The first-order chi connectivity index (χ1) is 13.0. The number of benzene rings is 2. The highest BCUT2D eigenvalue weighted by atomic mass is 16.2. The van der Waals surface area contributed by atoms with Crippen molar-refractivity contribution in [2.24, 2.45) is 0 Å². The van der Waals surface area contributed by atoms with Gasteiger partial charge in [-0.25, -0.2) is 0 Å². The molecule has 1 atom stereocenters. The first-order valence-electron chi connectivity index (χ1n) is 9.30. The normalized spacial score (nSPS) is 11.9. The Morgan fingerprint density at radius 3 is 2.11 bits per heavy atom. The Hall–Kier alpha value is -2.66. The molecular weight excluding hydrogens is 338 g/mol. The molecule has 0 bridgehead atoms. The number of hydrogen-bond donors (Lipinski definition) is 1. The second-order valence-electron chi connectivity index (χ2n) is 6.71. The third-order valence-corrected chi connectivity index (χ3v) is 4.80. The van der Waals surface area contributed by atoms with E-state index in [1.165, 1.54) is 0 Å². The van der Waals surface area contributed by atoms with Crippen LogP contribution in [0.5, 0.6) is 0 Å². The standard InChI is InChI=1S/C22H29N3O2/c1-5-25(16-18-9-7-6-8-10-18)22(27)17(2)24(4)15-19-11-13-20(14-12-19)21(26)23-3/h6-14,17H,5,15-16H2,1-4H3,(H,23,26)/t17-/m1/s1.